The van der Waals surface area contributed by atoms with Gasteiger partial charge in [-0.25, -0.2) is 0 Å². The molecular formula is C16H20O. The standard InChI is InChI=1S/C16H20O/c1-12(2)6-5-8-14-11-10-13-7-3-4-9-15(13)16(14)17/h3-4,6-7,9-11,14,16-17H,5,8H2,1-2H3/t14-,16+/m1/s1. The molecule has 0 saturated carbocycles. The van der Waals surface area contributed by atoms with E-state index in [1.807, 2.05) is 18.2 Å². The van der Waals surface area contributed by atoms with E-state index in [1.165, 1.54) is 5.57 Å². The fourth-order valence-electron chi connectivity index (χ4n) is 2.31. The van der Waals surface area contributed by atoms with Crippen LogP contribution >= 0.6 is 0 Å². The molecular weight excluding hydrogens is 208 g/mol. The van der Waals surface area contributed by atoms with Crippen molar-refractivity contribution in [2.75, 3.05) is 0 Å². The van der Waals surface area contributed by atoms with E-state index in [0.717, 1.165) is 24.0 Å². The van der Waals surface area contributed by atoms with Crippen molar-refractivity contribution in [3.8, 4) is 0 Å². The number of hydrogen-bond donors (Lipinski definition) is 1. The molecule has 0 radical (unpaired) electrons. The molecule has 1 N–H and O–H groups in total. The molecule has 1 nitrogen and oxygen atoms in total. The van der Waals surface area contributed by atoms with Gasteiger partial charge in [0.25, 0.3) is 0 Å². The summed E-state index contributed by atoms with van der Waals surface area (Å²) in [6, 6.07) is 8.09. The van der Waals surface area contributed by atoms with Crippen molar-refractivity contribution < 1.29 is 5.11 Å². The zero-order valence-electron chi connectivity index (χ0n) is 10.6. The largest absolute Gasteiger partial charge is 0.388 e. The molecule has 1 aromatic rings. The minimum Gasteiger partial charge on any atom is -0.388 e. The number of benzene rings is 1. The van der Waals surface area contributed by atoms with Crippen LogP contribution in [0.25, 0.3) is 6.08 Å². The van der Waals surface area contributed by atoms with Crippen LogP contribution in [-0.4, -0.2) is 5.11 Å². The molecule has 0 aliphatic heterocycles. The van der Waals surface area contributed by atoms with E-state index in [9.17, 15) is 5.11 Å². The lowest BCUT2D eigenvalue weighted by atomic mass is 9.84. The van der Waals surface area contributed by atoms with Crippen molar-refractivity contribution in [3.05, 3.63) is 53.1 Å². The van der Waals surface area contributed by atoms with E-state index in [1.54, 1.807) is 0 Å². The molecule has 1 aliphatic carbocycles. The van der Waals surface area contributed by atoms with Crippen LogP contribution in [0.1, 0.15) is 43.9 Å². The number of aliphatic hydroxyl groups is 1. The van der Waals surface area contributed by atoms with Crippen LogP contribution in [0.4, 0.5) is 0 Å². The number of hydrogen-bond acceptors (Lipinski definition) is 1. The van der Waals surface area contributed by atoms with Gasteiger partial charge in [0, 0.05) is 5.92 Å². The van der Waals surface area contributed by atoms with Crippen molar-refractivity contribution in [2.24, 2.45) is 5.92 Å². The van der Waals surface area contributed by atoms with Crippen LogP contribution in [0.3, 0.4) is 0 Å². The van der Waals surface area contributed by atoms with Gasteiger partial charge >= 0.3 is 0 Å². The molecule has 17 heavy (non-hydrogen) atoms. The Kier molecular flexibility index (Phi) is 3.80. The molecule has 0 heterocycles. The topological polar surface area (TPSA) is 20.2 Å². The van der Waals surface area contributed by atoms with Gasteiger partial charge in [-0.15, -0.1) is 0 Å². The quantitative estimate of drug-likeness (QED) is 0.772. The van der Waals surface area contributed by atoms with Crippen molar-refractivity contribution in [1.29, 1.82) is 0 Å². The molecule has 90 valence electrons. The van der Waals surface area contributed by atoms with Gasteiger partial charge in [-0.2, -0.15) is 0 Å². The summed E-state index contributed by atoms with van der Waals surface area (Å²) in [7, 11) is 0. The van der Waals surface area contributed by atoms with Gasteiger partial charge in [0.05, 0.1) is 6.10 Å². The van der Waals surface area contributed by atoms with Gasteiger partial charge < -0.3 is 5.11 Å². The highest BCUT2D eigenvalue weighted by atomic mass is 16.3. The second-order valence-corrected chi connectivity index (χ2v) is 4.96. The smallest absolute Gasteiger partial charge is 0.0858 e. The van der Waals surface area contributed by atoms with Crippen LogP contribution in [0.5, 0.6) is 0 Å². The van der Waals surface area contributed by atoms with Gasteiger partial charge in [0.15, 0.2) is 0 Å². The highest BCUT2D eigenvalue weighted by Gasteiger charge is 2.22. The second-order valence-electron chi connectivity index (χ2n) is 4.96. The minimum absolute atomic E-state index is 0.250. The lowest BCUT2D eigenvalue weighted by Gasteiger charge is -2.25. The van der Waals surface area contributed by atoms with Gasteiger partial charge in [-0.05, 0) is 37.8 Å². The van der Waals surface area contributed by atoms with Crippen molar-refractivity contribution in [2.45, 2.75) is 32.8 Å². The molecule has 0 saturated heterocycles. The molecule has 1 heteroatoms. The third-order valence-electron chi connectivity index (χ3n) is 3.30. The van der Waals surface area contributed by atoms with E-state index in [4.69, 9.17) is 0 Å². The molecule has 0 amide bonds. The Balaban J connectivity index is 2.07. The summed E-state index contributed by atoms with van der Waals surface area (Å²) in [6.45, 7) is 4.23. The van der Waals surface area contributed by atoms with Crippen molar-refractivity contribution in [1.82, 2.24) is 0 Å². The van der Waals surface area contributed by atoms with Crippen LogP contribution in [0.2, 0.25) is 0 Å². The molecule has 2 atom stereocenters. The van der Waals surface area contributed by atoms with E-state index < -0.39 is 0 Å². The van der Waals surface area contributed by atoms with E-state index in [-0.39, 0.29) is 12.0 Å². The van der Waals surface area contributed by atoms with Gasteiger partial charge in [-0.3, -0.25) is 0 Å². The average molecular weight is 228 g/mol. The highest BCUT2D eigenvalue weighted by Crippen LogP contribution is 2.34. The van der Waals surface area contributed by atoms with E-state index in [0.29, 0.717) is 0 Å². The summed E-state index contributed by atoms with van der Waals surface area (Å²) < 4.78 is 0. The Morgan fingerprint density at radius 3 is 2.82 bits per heavy atom. The molecule has 0 bridgehead atoms. The first-order chi connectivity index (χ1) is 8.18. The highest BCUT2D eigenvalue weighted by molar-refractivity contribution is 5.57. The monoisotopic (exact) mass is 228 g/mol. The van der Waals surface area contributed by atoms with Gasteiger partial charge in [-0.1, -0.05) is 48.1 Å². The third-order valence-corrected chi connectivity index (χ3v) is 3.30. The first-order valence-electron chi connectivity index (χ1n) is 6.27. The summed E-state index contributed by atoms with van der Waals surface area (Å²) in [5.74, 6) is 0.250. The lowest BCUT2D eigenvalue weighted by molar-refractivity contribution is 0.126. The maximum absolute atomic E-state index is 10.3. The summed E-state index contributed by atoms with van der Waals surface area (Å²) in [5.41, 5.74) is 3.57. The number of rotatable bonds is 3. The maximum atomic E-state index is 10.3. The Morgan fingerprint density at radius 2 is 2.06 bits per heavy atom. The Hall–Kier alpha value is -1.34. The summed E-state index contributed by atoms with van der Waals surface area (Å²) >= 11 is 0. The zero-order valence-corrected chi connectivity index (χ0v) is 10.6. The number of fused-ring (bicyclic) bond motifs is 1. The minimum atomic E-state index is -0.346. The van der Waals surface area contributed by atoms with Crippen LogP contribution in [0.15, 0.2) is 42.0 Å². The summed E-state index contributed by atoms with van der Waals surface area (Å²) in [6.07, 6.45) is 8.22. The van der Waals surface area contributed by atoms with Crippen LogP contribution in [-0.2, 0) is 0 Å². The molecule has 0 spiro atoms. The molecule has 0 aromatic heterocycles. The zero-order chi connectivity index (χ0) is 12.3. The van der Waals surface area contributed by atoms with Gasteiger partial charge in [0.2, 0.25) is 0 Å². The van der Waals surface area contributed by atoms with Gasteiger partial charge in [0.1, 0.15) is 0 Å². The second kappa shape index (κ2) is 5.33. The fraction of sp³-hybridized carbons (Fsp3) is 0.375. The molecule has 1 aromatic carbocycles. The van der Waals surface area contributed by atoms with E-state index in [2.05, 4.69) is 38.1 Å². The first-order valence-corrected chi connectivity index (χ1v) is 6.27. The average Bonchev–Trinajstić information content (AvgIpc) is 2.32. The first kappa shape index (κ1) is 12.1. The predicted octanol–water partition coefficient (Wildman–Crippen LogP) is 4.11. The molecule has 2 rings (SSSR count). The summed E-state index contributed by atoms with van der Waals surface area (Å²) in [4.78, 5) is 0. The van der Waals surface area contributed by atoms with Crippen molar-refractivity contribution in [3.63, 3.8) is 0 Å². The van der Waals surface area contributed by atoms with E-state index >= 15 is 0 Å². The lowest BCUT2D eigenvalue weighted by Crippen LogP contribution is -2.14. The fourth-order valence-corrected chi connectivity index (χ4v) is 2.31. The molecule has 0 unspecified atom stereocenters. The SMILES string of the molecule is CC(C)=CCC[C@@H]1C=Cc2ccccc2[C@H]1O. The van der Waals surface area contributed by atoms with Crippen LogP contribution < -0.4 is 0 Å². The summed E-state index contributed by atoms with van der Waals surface area (Å²) in [5, 5.41) is 10.3. The number of aliphatic hydroxyl groups excluding tert-OH is 1. The normalized spacial score (nSPS) is 22.1. The third kappa shape index (κ3) is 2.86. The Bertz CT molecular complexity index is 439. The Labute approximate surface area is 103 Å². The Morgan fingerprint density at radius 1 is 1.29 bits per heavy atom. The van der Waals surface area contributed by atoms with Crippen LogP contribution in [0, 0.1) is 5.92 Å². The molecule has 1 aliphatic rings. The maximum Gasteiger partial charge on any atom is 0.0858 e. The molecule has 0 fully saturated rings. The number of allylic oxidation sites excluding steroid dienone is 2. The van der Waals surface area contributed by atoms with Crippen molar-refractivity contribution >= 4 is 6.08 Å². The predicted molar refractivity (Wildman–Crippen MR) is 72.6 cm³/mol.